The van der Waals surface area contributed by atoms with Crippen molar-refractivity contribution in [3.05, 3.63) is 29.8 Å². The number of amides is 1. The van der Waals surface area contributed by atoms with Crippen LogP contribution in [0.1, 0.15) is 31.4 Å². The molecule has 0 aromatic heterocycles. The van der Waals surface area contributed by atoms with Crippen LogP contribution in [-0.2, 0) is 14.6 Å². The first-order chi connectivity index (χ1) is 9.86. The van der Waals surface area contributed by atoms with Crippen molar-refractivity contribution in [1.82, 2.24) is 10.6 Å². The second-order valence-corrected chi connectivity index (χ2v) is 7.71. The summed E-state index contributed by atoms with van der Waals surface area (Å²) in [6.45, 7) is 3.80. The average Bonchev–Trinajstić information content (AvgIpc) is 2.90. The Bertz CT molecular complexity index is 596. The van der Waals surface area contributed by atoms with Crippen LogP contribution in [0.15, 0.2) is 29.2 Å². The fourth-order valence-corrected chi connectivity index (χ4v) is 3.17. The fourth-order valence-electron chi connectivity index (χ4n) is 2.54. The molecule has 1 saturated heterocycles. The highest BCUT2D eigenvalue weighted by Gasteiger charge is 2.19. The predicted molar refractivity (Wildman–Crippen MR) is 89.0 cm³/mol. The molecule has 22 heavy (non-hydrogen) atoms. The quantitative estimate of drug-likeness (QED) is 0.850. The Morgan fingerprint density at radius 3 is 2.50 bits per heavy atom. The topological polar surface area (TPSA) is 75.3 Å². The van der Waals surface area contributed by atoms with Gasteiger partial charge in [-0.1, -0.05) is 12.1 Å². The SMILES string of the molecule is CC(NC(=O)CC1CCNC1)c1ccc(S(C)(=O)=O)cc1.Cl. The molecular formula is C15H23ClN2O3S. The molecule has 0 bridgehead atoms. The standard InChI is InChI=1S/C15H22N2O3S.ClH/c1-11(17-15(18)9-12-7-8-16-10-12)13-3-5-14(6-4-13)21(2,19)20;/h3-6,11-12,16H,7-10H2,1-2H3,(H,17,18);1H. The first kappa shape index (κ1) is 18.9. The smallest absolute Gasteiger partial charge is 0.220 e. The number of sulfone groups is 1. The number of hydrogen-bond donors (Lipinski definition) is 2. The minimum absolute atomic E-state index is 0. The summed E-state index contributed by atoms with van der Waals surface area (Å²) >= 11 is 0. The van der Waals surface area contributed by atoms with Crippen molar-refractivity contribution in [1.29, 1.82) is 0 Å². The van der Waals surface area contributed by atoms with Crippen molar-refractivity contribution in [2.75, 3.05) is 19.3 Å². The van der Waals surface area contributed by atoms with E-state index in [1.54, 1.807) is 24.3 Å². The minimum atomic E-state index is -3.18. The fraction of sp³-hybridized carbons (Fsp3) is 0.533. The summed E-state index contributed by atoms with van der Waals surface area (Å²) in [7, 11) is -3.18. The van der Waals surface area contributed by atoms with Crippen molar-refractivity contribution in [2.45, 2.75) is 30.7 Å². The monoisotopic (exact) mass is 346 g/mol. The Morgan fingerprint density at radius 1 is 1.36 bits per heavy atom. The van der Waals surface area contributed by atoms with Gasteiger partial charge in [0.15, 0.2) is 9.84 Å². The van der Waals surface area contributed by atoms with Gasteiger partial charge >= 0.3 is 0 Å². The molecule has 1 amide bonds. The van der Waals surface area contributed by atoms with E-state index in [9.17, 15) is 13.2 Å². The maximum Gasteiger partial charge on any atom is 0.220 e. The van der Waals surface area contributed by atoms with Crippen LogP contribution in [0.4, 0.5) is 0 Å². The molecule has 1 aromatic rings. The zero-order chi connectivity index (χ0) is 15.5. The minimum Gasteiger partial charge on any atom is -0.350 e. The molecule has 7 heteroatoms. The summed E-state index contributed by atoms with van der Waals surface area (Å²) in [6, 6.07) is 6.53. The molecule has 0 saturated carbocycles. The molecule has 1 heterocycles. The lowest BCUT2D eigenvalue weighted by Gasteiger charge is -2.16. The highest BCUT2D eigenvalue weighted by Crippen LogP contribution is 2.17. The molecule has 1 aliphatic rings. The van der Waals surface area contributed by atoms with E-state index in [1.165, 1.54) is 6.26 Å². The number of nitrogens with one attached hydrogen (secondary N) is 2. The van der Waals surface area contributed by atoms with Gasteiger partial charge in [0.2, 0.25) is 5.91 Å². The van der Waals surface area contributed by atoms with Crippen LogP contribution in [0, 0.1) is 5.92 Å². The first-order valence-electron chi connectivity index (χ1n) is 7.16. The van der Waals surface area contributed by atoms with E-state index in [-0.39, 0.29) is 24.4 Å². The van der Waals surface area contributed by atoms with Gasteiger partial charge in [-0.15, -0.1) is 12.4 Å². The van der Waals surface area contributed by atoms with Crippen molar-refractivity contribution >= 4 is 28.2 Å². The highest BCUT2D eigenvalue weighted by atomic mass is 35.5. The molecule has 5 nitrogen and oxygen atoms in total. The zero-order valence-corrected chi connectivity index (χ0v) is 14.5. The van der Waals surface area contributed by atoms with Gasteiger partial charge < -0.3 is 10.6 Å². The largest absolute Gasteiger partial charge is 0.350 e. The summed E-state index contributed by atoms with van der Waals surface area (Å²) in [5.41, 5.74) is 0.903. The summed E-state index contributed by atoms with van der Waals surface area (Å²) in [6.07, 6.45) is 2.77. The van der Waals surface area contributed by atoms with Crippen LogP contribution in [0.3, 0.4) is 0 Å². The Labute approximate surface area is 138 Å². The van der Waals surface area contributed by atoms with Gasteiger partial charge in [-0.3, -0.25) is 4.79 Å². The van der Waals surface area contributed by atoms with Crippen LogP contribution >= 0.6 is 12.4 Å². The summed E-state index contributed by atoms with van der Waals surface area (Å²) in [4.78, 5) is 12.3. The van der Waals surface area contributed by atoms with Gasteiger partial charge in [0.25, 0.3) is 0 Å². The van der Waals surface area contributed by atoms with E-state index in [0.29, 0.717) is 17.2 Å². The lowest BCUT2D eigenvalue weighted by molar-refractivity contribution is -0.122. The molecule has 0 aliphatic carbocycles. The van der Waals surface area contributed by atoms with Crippen LogP contribution in [-0.4, -0.2) is 33.7 Å². The molecule has 2 N–H and O–H groups in total. The summed E-state index contributed by atoms with van der Waals surface area (Å²) < 4.78 is 22.8. The third-order valence-corrected chi connectivity index (χ3v) is 4.95. The molecular weight excluding hydrogens is 324 g/mol. The normalized spacial score (nSPS) is 19.3. The van der Waals surface area contributed by atoms with Gasteiger partial charge in [0.05, 0.1) is 10.9 Å². The number of hydrogen-bond acceptors (Lipinski definition) is 4. The molecule has 1 aromatic carbocycles. The lowest BCUT2D eigenvalue weighted by atomic mass is 10.0. The average molecular weight is 347 g/mol. The van der Waals surface area contributed by atoms with Crippen LogP contribution in [0.5, 0.6) is 0 Å². The molecule has 1 fully saturated rings. The maximum absolute atomic E-state index is 12.0. The van der Waals surface area contributed by atoms with Gasteiger partial charge in [-0.25, -0.2) is 8.42 Å². The summed E-state index contributed by atoms with van der Waals surface area (Å²) in [5, 5.41) is 6.21. The Hall–Kier alpha value is -1.11. The molecule has 124 valence electrons. The number of carbonyl (C=O) groups is 1. The molecule has 2 unspecified atom stereocenters. The van der Waals surface area contributed by atoms with Crippen LogP contribution in [0.25, 0.3) is 0 Å². The van der Waals surface area contributed by atoms with E-state index in [0.717, 1.165) is 25.1 Å². The van der Waals surface area contributed by atoms with Crippen LogP contribution < -0.4 is 10.6 Å². The summed E-state index contributed by atoms with van der Waals surface area (Å²) in [5.74, 6) is 0.466. The first-order valence-corrected chi connectivity index (χ1v) is 9.05. The molecule has 2 rings (SSSR count). The van der Waals surface area contributed by atoms with Gasteiger partial charge in [0.1, 0.15) is 0 Å². The van der Waals surface area contributed by atoms with Crippen molar-refractivity contribution in [2.24, 2.45) is 5.92 Å². The van der Waals surface area contributed by atoms with Crippen molar-refractivity contribution in [3.8, 4) is 0 Å². The third kappa shape index (κ3) is 5.26. The second-order valence-electron chi connectivity index (χ2n) is 5.69. The van der Waals surface area contributed by atoms with Crippen LogP contribution in [0.2, 0.25) is 0 Å². The Morgan fingerprint density at radius 2 is 2.00 bits per heavy atom. The van der Waals surface area contributed by atoms with E-state index >= 15 is 0 Å². The van der Waals surface area contributed by atoms with Gasteiger partial charge in [-0.05, 0) is 50.0 Å². The lowest BCUT2D eigenvalue weighted by Crippen LogP contribution is -2.28. The predicted octanol–water partition coefficient (Wildman–Crippen LogP) is 1.69. The number of benzene rings is 1. The molecule has 0 spiro atoms. The highest BCUT2D eigenvalue weighted by molar-refractivity contribution is 7.90. The molecule has 1 aliphatic heterocycles. The molecule has 2 atom stereocenters. The maximum atomic E-state index is 12.0. The number of halogens is 1. The number of rotatable bonds is 5. The van der Waals surface area contributed by atoms with E-state index in [2.05, 4.69) is 10.6 Å². The van der Waals surface area contributed by atoms with Gasteiger partial charge in [-0.2, -0.15) is 0 Å². The van der Waals surface area contributed by atoms with E-state index in [4.69, 9.17) is 0 Å². The Kier molecular flexibility index (Phi) is 6.84. The van der Waals surface area contributed by atoms with E-state index in [1.807, 2.05) is 6.92 Å². The van der Waals surface area contributed by atoms with Crippen molar-refractivity contribution < 1.29 is 13.2 Å². The third-order valence-electron chi connectivity index (χ3n) is 3.82. The van der Waals surface area contributed by atoms with E-state index < -0.39 is 9.84 Å². The van der Waals surface area contributed by atoms with Crippen molar-refractivity contribution in [3.63, 3.8) is 0 Å². The molecule has 0 radical (unpaired) electrons. The zero-order valence-electron chi connectivity index (χ0n) is 12.8. The Balaban J connectivity index is 0.00000242. The second kappa shape index (κ2) is 7.94. The number of carbonyl (C=O) groups excluding carboxylic acids is 1. The van der Waals surface area contributed by atoms with Gasteiger partial charge in [0, 0.05) is 12.7 Å².